The third kappa shape index (κ3) is 2.53. The number of nitrogens with one attached hydrogen (secondary N) is 2. The number of H-pyrrole nitrogens is 2. The molecule has 92 valence electrons. The molecule has 0 aliphatic carbocycles. The Hall–Kier alpha value is -1.26. The molecule has 0 amide bonds. The predicted octanol–water partition coefficient (Wildman–Crippen LogP) is 2.09. The first-order valence-electron chi connectivity index (χ1n) is 5.56. The molecule has 1 unspecified atom stereocenters. The van der Waals surface area contributed by atoms with E-state index in [0.29, 0.717) is 5.88 Å². The minimum absolute atomic E-state index is 0.170. The highest BCUT2D eigenvalue weighted by molar-refractivity contribution is 6.17. The minimum Gasteiger partial charge on any atom is -0.306 e. The summed E-state index contributed by atoms with van der Waals surface area (Å²) in [7, 11) is 4.06. The molecule has 17 heavy (non-hydrogen) atoms. The Bertz CT molecular complexity index is 558. The van der Waals surface area contributed by atoms with Gasteiger partial charge in [0, 0.05) is 11.9 Å². The van der Waals surface area contributed by atoms with Gasteiger partial charge < -0.3 is 14.9 Å². The summed E-state index contributed by atoms with van der Waals surface area (Å²) in [6.45, 7) is 0. The predicted molar refractivity (Wildman–Crippen MR) is 70.7 cm³/mol. The molecule has 2 N–H and O–H groups in total. The van der Waals surface area contributed by atoms with Crippen LogP contribution in [0.1, 0.15) is 18.0 Å². The molecule has 1 aromatic carbocycles. The summed E-state index contributed by atoms with van der Waals surface area (Å²) < 4.78 is 0. The van der Waals surface area contributed by atoms with Crippen molar-refractivity contribution < 1.29 is 0 Å². The van der Waals surface area contributed by atoms with Gasteiger partial charge in [0.15, 0.2) is 0 Å². The van der Waals surface area contributed by atoms with Gasteiger partial charge >= 0.3 is 5.69 Å². The Labute approximate surface area is 105 Å². The SMILES string of the molecule is CN(C)C(CCCl)c1ccc2[nH]c(=O)[nH]c2c1. The third-order valence-corrected chi connectivity index (χ3v) is 3.15. The molecule has 1 heterocycles. The summed E-state index contributed by atoms with van der Waals surface area (Å²) in [5, 5.41) is 0. The maximum atomic E-state index is 11.2. The van der Waals surface area contributed by atoms with Crippen LogP contribution in [0.2, 0.25) is 0 Å². The number of benzene rings is 1. The zero-order chi connectivity index (χ0) is 12.4. The molecule has 2 aromatic rings. The van der Waals surface area contributed by atoms with Gasteiger partial charge in [-0.15, -0.1) is 11.6 Å². The van der Waals surface area contributed by atoms with Gasteiger partial charge in [-0.05, 0) is 38.2 Å². The highest BCUT2D eigenvalue weighted by Gasteiger charge is 2.14. The van der Waals surface area contributed by atoms with E-state index in [1.165, 1.54) is 5.56 Å². The molecule has 4 nitrogen and oxygen atoms in total. The van der Waals surface area contributed by atoms with Gasteiger partial charge in [0.2, 0.25) is 0 Å². The first-order chi connectivity index (χ1) is 8.11. The van der Waals surface area contributed by atoms with Crippen molar-refractivity contribution in [1.29, 1.82) is 0 Å². The Balaban J connectivity index is 2.42. The molecule has 2 rings (SSSR count). The highest BCUT2D eigenvalue weighted by atomic mass is 35.5. The standard InChI is InChI=1S/C12H16ClN3O/c1-16(2)11(5-6-13)8-3-4-9-10(7-8)15-12(17)14-9/h3-4,7,11H,5-6H2,1-2H3,(H2,14,15,17). The van der Waals surface area contributed by atoms with E-state index in [2.05, 4.69) is 14.9 Å². The smallest absolute Gasteiger partial charge is 0.306 e. The van der Waals surface area contributed by atoms with Crippen LogP contribution >= 0.6 is 11.6 Å². The van der Waals surface area contributed by atoms with Crippen molar-refractivity contribution in [3.05, 3.63) is 34.2 Å². The van der Waals surface area contributed by atoms with E-state index in [0.717, 1.165) is 17.5 Å². The van der Waals surface area contributed by atoms with Crippen molar-refractivity contribution >= 4 is 22.6 Å². The van der Waals surface area contributed by atoms with Gasteiger partial charge in [0.1, 0.15) is 0 Å². The van der Waals surface area contributed by atoms with Crippen LogP contribution in [-0.2, 0) is 0 Å². The van der Waals surface area contributed by atoms with E-state index in [4.69, 9.17) is 11.6 Å². The number of aromatic nitrogens is 2. The van der Waals surface area contributed by atoms with Crippen LogP contribution in [0.15, 0.2) is 23.0 Å². The number of rotatable bonds is 4. The van der Waals surface area contributed by atoms with Gasteiger partial charge in [0.25, 0.3) is 0 Å². The molecule has 0 radical (unpaired) electrons. The van der Waals surface area contributed by atoms with Gasteiger partial charge in [-0.3, -0.25) is 0 Å². The number of hydrogen-bond acceptors (Lipinski definition) is 2. The zero-order valence-corrected chi connectivity index (χ0v) is 10.7. The lowest BCUT2D eigenvalue weighted by molar-refractivity contribution is 0.293. The molecule has 1 atom stereocenters. The maximum Gasteiger partial charge on any atom is 0.323 e. The van der Waals surface area contributed by atoms with Crippen LogP contribution in [-0.4, -0.2) is 34.8 Å². The summed E-state index contributed by atoms with van der Waals surface area (Å²) >= 11 is 5.82. The maximum absolute atomic E-state index is 11.2. The molecule has 0 saturated carbocycles. The molecule has 0 fully saturated rings. The van der Waals surface area contributed by atoms with E-state index in [1.807, 2.05) is 32.3 Å². The first kappa shape index (κ1) is 12.2. The number of alkyl halides is 1. The topological polar surface area (TPSA) is 51.9 Å². The average molecular weight is 254 g/mol. The van der Waals surface area contributed by atoms with Gasteiger partial charge in [-0.2, -0.15) is 0 Å². The second-order valence-corrected chi connectivity index (χ2v) is 4.72. The van der Waals surface area contributed by atoms with E-state index >= 15 is 0 Å². The number of nitrogens with zero attached hydrogens (tertiary/aromatic N) is 1. The fourth-order valence-electron chi connectivity index (χ4n) is 2.08. The van der Waals surface area contributed by atoms with Crippen LogP contribution in [0, 0.1) is 0 Å². The van der Waals surface area contributed by atoms with Crippen LogP contribution in [0.5, 0.6) is 0 Å². The number of fused-ring (bicyclic) bond motifs is 1. The molecule has 0 bridgehead atoms. The summed E-state index contributed by atoms with van der Waals surface area (Å²) in [6, 6.07) is 6.23. The van der Waals surface area contributed by atoms with E-state index in [9.17, 15) is 4.79 Å². The fourth-order valence-corrected chi connectivity index (χ4v) is 2.29. The van der Waals surface area contributed by atoms with E-state index in [-0.39, 0.29) is 11.7 Å². The largest absolute Gasteiger partial charge is 0.323 e. The average Bonchev–Trinajstić information content (AvgIpc) is 2.64. The first-order valence-corrected chi connectivity index (χ1v) is 6.09. The van der Waals surface area contributed by atoms with Crippen molar-refractivity contribution in [2.75, 3.05) is 20.0 Å². The zero-order valence-electron chi connectivity index (χ0n) is 9.96. The van der Waals surface area contributed by atoms with Crippen molar-refractivity contribution in [3.8, 4) is 0 Å². The van der Waals surface area contributed by atoms with Crippen molar-refractivity contribution in [3.63, 3.8) is 0 Å². The molecule has 1 aromatic heterocycles. The lowest BCUT2D eigenvalue weighted by atomic mass is 10.0. The highest BCUT2D eigenvalue weighted by Crippen LogP contribution is 2.24. The number of halogens is 1. The Morgan fingerprint density at radius 3 is 2.65 bits per heavy atom. The van der Waals surface area contributed by atoms with E-state index < -0.39 is 0 Å². The summed E-state index contributed by atoms with van der Waals surface area (Å²) in [4.78, 5) is 18.8. The quantitative estimate of drug-likeness (QED) is 0.820. The van der Waals surface area contributed by atoms with Crippen molar-refractivity contribution in [2.24, 2.45) is 0 Å². The number of aromatic amines is 2. The molecule has 0 aliphatic heterocycles. The molecule has 0 saturated heterocycles. The molecular formula is C12H16ClN3O. The van der Waals surface area contributed by atoms with Crippen LogP contribution in [0.4, 0.5) is 0 Å². The second-order valence-electron chi connectivity index (χ2n) is 4.34. The Morgan fingerprint density at radius 1 is 1.29 bits per heavy atom. The van der Waals surface area contributed by atoms with Crippen LogP contribution in [0.3, 0.4) is 0 Å². The Kier molecular flexibility index (Phi) is 3.54. The van der Waals surface area contributed by atoms with Gasteiger partial charge in [-0.25, -0.2) is 4.79 Å². The van der Waals surface area contributed by atoms with E-state index in [1.54, 1.807) is 0 Å². The van der Waals surface area contributed by atoms with Crippen molar-refractivity contribution in [1.82, 2.24) is 14.9 Å². The van der Waals surface area contributed by atoms with Crippen molar-refractivity contribution in [2.45, 2.75) is 12.5 Å². The lowest BCUT2D eigenvalue weighted by Gasteiger charge is -2.23. The summed E-state index contributed by atoms with van der Waals surface area (Å²) in [6.07, 6.45) is 0.884. The number of imidazole rings is 1. The Morgan fingerprint density at radius 2 is 2.00 bits per heavy atom. The molecule has 0 spiro atoms. The molecular weight excluding hydrogens is 238 g/mol. The third-order valence-electron chi connectivity index (χ3n) is 2.93. The van der Waals surface area contributed by atoms with Crippen LogP contribution < -0.4 is 5.69 Å². The summed E-state index contributed by atoms with van der Waals surface area (Å²) in [5.41, 5.74) is 2.67. The normalized spacial score (nSPS) is 13.4. The second kappa shape index (κ2) is 4.94. The minimum atomic E-state index is -0.170. The van der Waals surface area contributed by atoms with Gasteiger partial charge in [-0.1, -0.05) is 6.07 Å². The fraction of sp³-hybridized carbons (Fsp3) is 0.417. The monoisotopic (exact) mass is 253 g/mol. The van der Waals surface area contributed by atoms with Gasteiger partial charge in [0.05, 0.1) is 11.0 Å². The van der Waals surface area contributed by atoms with Crippen LogP contribution in [0.25, 0.3) is 11.0 Å². The molecule has 0 aliphatic rings. The lowest BCUT2D eigenvalue weighted by Crippen LogP contribution is -2.20. The molecule has 5 heteroatoms. The number of hydrogen-bond donors (Lipinski definition) is 2. The summed E-state index contributed by atoms with van der Waals surface area (Å²) in [5.74, 6) is 0.616.